The van der Waals surface area contributed by atoms with Crippen LogP contribution in [0.3, 0.4) is 0 Å². The van der Waals surface area contributed by atoms with Gasteiger partial charge in [0.2, 0.25) is 5.91 Å². The van der Waals surface area contributed by atoms with E-state index in [9.17, 15) is 18.0 Å². The summed E-state index contributed by atoms with van der Waals surface area (Å²) in [4.78, 5) is 11.1. The van der Waals surface area contributed by atoms with E-state index in [0.29, 0.717) is 30.6 Å². The Balaban J connectivity index is 1.81. The molecule has 0 aliphatic heterocycles. The molecular formula is C20H18F3N3O. The van der Waals surface area contributed by atoms with Crippen LogP contribution >= 0.6 is 0 Å². The minimum Gasteiger partial charge on any atom is -0.353 e. The third-order valence-corrected chi connectivity index (χ3v) is 4.15. The number of aromatic nitrogens is 2. The lowest BCUT2D eigenvalue weighted by Gasteiger charge is -2.12. The summed E-state index contributed by atoms with van der Waals surface area (Å²) in [6, 6.07) is 10.6. The first-order valence-corrected chi connectivity index (χ1v) is 8.42. The van der Waals surface area contributed by atoms with Gasteiger partial charge in [0.1, 0.15) is 0 Å². The van der Waals surface area contributed by atoms with Gasteiger partial charge in [0.25, 0.3) is 0 Å². The molecule has 4 nitrogen and oxygen atoms in total. The summed E-state index contributed by atoms with van der Waals surface area (Å²) >= 11 is 0. The lowest BCUT2D eigenvalue weighted by Crippen LogP contribution is -2.22. The van der Waals surface area contributed by atoms with E-state index in [1.165, 1.54) is 18.2 Å². The van der Waals surface area contributed by atoms with Crippen molar-refractivity contribution in [3.05, 3.63) is 66.9 Å². The summed E-state index contributed by atoms with van der Waals surface area (Å²) < 4.78 is 41.5. The molecule has 0 atom stereocenters. The number of nitrogens with one attached hydrogen (secondary N) is 1. The monoisotopic (exact) mass is 373 g/mol. The topological polar surface area (TPSA) is 46.9 Å². The van der Waals surface area contributed by atoms with E-state index in [1.54, 1.807) is 28.9 Å². The van der Waals surface area contributed by atoms with Crippen molar-refractivity contribution in [1.82, 2.24) is 15.1 Å². The van der Waals surface area contributed by atoms with Crippen LogP contribution in [-0.4, -0.2) is 22.2 Å². The highest BCUT2D eigenvalue weighted by Crippen LogP contribution is 2.37. The standard InChI is InChI=1S/C20H18F3N3O/c1-2-19(27)24-10-5-11-26-13-15-9-8-14(12-18(15)25-26)16-6-3-4-7-17(16)20(21,22)23/h2-4,6-9,12-13H,1,5,10-11H2,(H,24,27). The maximum absolute atomic E-state index is 13.3. The predicted octanol–water partition coefficient (Wildman–Crippen LogP) is 4.41. The highest BCUT2D eigenvalue weighted by molar-refractivity contribution is 5.86. The SMILES string of the molecule is C=CC(=O)NCCCn1cc2ccc(-c3ccccc3C(F)(F)F)cc2n1. The van der Waals surface area contributed by atoms with Crippen molar-refractivity contribution in [2.75, 3.05) is 6.54 Å². The molecule has 1 aromatic heterocycles. The van der Waals surface area contributed by atoms with Gasteiger partial charge in [-0.2, -0.15) is 18.3 Å². The number of aryl methyl sites for hydroxylation is 1. The van der Waals surface area contributed by atoms with Crippen LogP contribution in [0.5, 0.6) is 0 Å². The van der Waals surface area contributed by atoms with E-state index in [0.717, 1.165) is 11.5 Å². The number of alkyl halides is 3. The van der Waals surface area contributed by atoms with Gasteiger partial charge >= 0.3 is 6.18 Å². The summed E-state index contributed by atoms with van der Waals surface area (Å²) in [5, 5.41) is 7.96. The molecule has 1 amide bonds. The van der Waals surface area contributed by atoms with E-state index in [4.69, 9.17) is 0 Å². The van der Waals surface area contributed by atoms with Crippen LogP contribution < -0.4 is 5.32 Å². The Kier molecular flexibility index (Phi) is 5.30. The molecule has 0 saturated heterocycles. The maximum atomic E-state index is 13.3. The molecule has 2 aromatic carbocycles. The number of hydrogen-bond acceptors (Lipinski definition) is 2. The van der Waals surface area contributed by atoms with Gasteiger partial charge in [-0.1, -0.05) is 36.9 Å². The number of nitrogens with zero attached hydrogens (tertiary/aromatic N) is 2. The smallest absolute Gasteiger partial charge is 0.353 e. The zero-order valence-electron chi connectivity index (χ0n) is 14.5. The number of carbonyl (C=O) groups excluding carboxylic acids is 1. The molecule has 7 heteroatoms. The molecule has 1 heterocycles. The van der Waals surface area contributed by atoms with E-state index < -0.39 is 11.7 Å². The second-order valence-corrected chi connectivity index (χ2v) is 6.06. The maximum Gasteiger partial charge on any atom is 0.417 e. The molecule has 0 fully saturated rings. The van der Waals surface area contributed by atoms with Gasteiger partial charge in [0.05, 0.1) is 11.1 Å². The number of rotatable bonds is 6. The third-order valence-electron chi connectivity index (χ3n) is 4.15. The molecular weight excluding hydrogens is 355 g/mol. The molecule has 3 aromatic rings. The molecule has 27 heavy (non-hydrogen) atoms. The minimum absolute atomic E-state index is 0.133. The van der Waals surface area contributed by atoms with Crippen LogP contribution in [0, 0.1) is 0 Å². The fourth-order valence-electron chi connectivity index (χ4n) is 2.86. The first-order chi connectivity index (χ1) is 12.9. The van der Waals surface area contributed by atoms with Gasteiger partial charge in [-0.25, -0.2) is 0 Å². The molecule has 0 radical (unpaired) electrons. The van der Waals surface area contributed by atoms with Crippen LogP contribution in [0.25, 0.3) is 22.0 Å². The normalized spacial score (nSPS) is 11.5. The van der Waals surface area contributed by atoms with Crippen LogP contribution in [-0.2, 0) is 17.5 Å². The molecule has 1 N–H and O–H groups in total. The zero-order valence-corrected chi connectivity index (χ0v) is 14.5. The number of halogens is 3. The minimum atomic E-state index is -4.42. The summed E-state index contributed by atoms with van der Waals surface area (Å²) in [6.07, 6.45) is -0.690. The summed E-state index contributed by atoms with van der Waals surface area (Å²) in [5.41, 5.74) is 0.564. The summed E-state index contributed by atoms with van der Waals surface area (Å²) in [7, 11) is 0. The fraction of sp³-hybridized carbons (Fsp3) is 0.200. The first kappa shape index (κ1) is 18.7. The Morgan fingerprint density at radius 3 is 2.74 bits per heavy atom. The van der Waals surface area contributed by atoms with Crippen molar-refractivity contribution in [3.8, 4) is 11.1 Å². The molecule has 140 valence electrons. The van der Waals surface area contributed by atoms with E-state index in [2.05, 4.69) is 17.0 Å². The second-order valence-electron chi connectivity index (χ2n) is 6.06. The number of hydrogen-bond donors (Lipinski definition) is 1. The van der Waals surface area contributed by atoms with Gasteiger partial charge in [-0.05, 0) is 35.8 Å². The first-order valence-electron chi connectivity index (χ1n) is 8.42. The highest BCUT2D eigenvalue weighted by atomic mass is 19.4. The average Bonchev–Trinajstić information content (AvgIpc) is 3.06. The van der Waals surface area contributed by atoms with Gasteiger partial charge in [-0.15, -0.1) is 0 Å². The van der Waals surface area contributed by atoms with Crippen molar-refractivity contribution < 1.29 is 18.0 Å². The molecule has 0 bridgehead atoms. The van der Waals surface area contributed by atoms with Crippen molar-refractivity contribution in [3.63, 3.8) is 0 Å². The molecule has 0 spiro atoms. The Morgan fingerprint density at radius 2 is 2.00 bits per heavy atom. The highest BCUT2D eigenvalue weighted by Gasteiger charge is 2.33. The quantitative estimate of drug-likeness (QED) is 0.514. The van der Waals surface area contributed by atoms with Crippen molar-refractivity contribution in [2.45, 2.75) is 19.1 Å². The Bertz CT molecular complexity index is 976. The van der Waals surface area contributed by atoms with Gasteiger partial charge in [0.15, 0.2) is 0 Å². The van der Waals surface area contributed by atoms with Crippen molar-refractivity contribution in [2.24, 2.45) is 0 Å². The van der Waals surface area contributed by atoms with Crippen LogP contribution in [0.2, 0.25) is 0 Å². The molecule has 0 aliphatic rings. The Hall–Kier alpha value is -3.09. The van der Waals surface area contributed by atoms with Crippen LogP contribution in [0.15, 0.2) is 61.3 Å². The van der Waals surface area contributed by atoms with Crippen molar-refractivity contribution >= 4 is 16.8 Å². The number of amides is 1. The second kappa shape index (κ2) is 7.65. The van der Waals surface area contributed by atoms with Gasteiger partial charge in [0, 0.05) is 24.7 Å². The number of fused-ring (bicyclic) bond motifs is 1. The van der Waals surface area contributed by atoms with Crippen LogP contribution in [0.1, 0.15) is 12.0 Å². The predicted molar refractivity (Wildman–Crippen MR) is 98.0 cm³/mol. The molecule has 0 unspecified atom stereocenters. The van der Waals surface area contributed by atoms with Crippen LogP contribution in [0.4, 0.5) is 13.2 Å². The lowest BCUT2D eigenvalue weighted by molar-refractivity contribution is -0.137. The number of benzene rings is 2. The van der Waals surface area contributed by atoms with E-state index in [-0.39, 0.29) is 11.5 Å². The zero-order chi connectivity index (χ0) is 19.4. The number of carbonyl (C=O) groups is 1. The Labute approximate surface area is 154 Å². The van der Waals surface area contributed by atoms with E-state index >= 15 is 0 Å². The Morgan fingerprint density at radius 1 is 1.22 bits per heavy atom. The summed E-state index contributed by atoms with van der Waals surface area (Å²) in [5.74, 6) is -0.228. The lowest BCUT2D eigenvalue weighted by atomic mass is 9.98. The van der Waals surface area contributed by atoms with Gasteiger partial charge in [-0.3, -0.25) is 9.48 Å². The molecule has 0 aliphatic carbocycles. The van der Waals surface area contributed by atoms with Gasteiger partial charge < -0.3 is 5.32 Å². The average molecular weight is 373 g/mol. The molecule has 0 saturated carbocycles. The summed E-state index contributed by atoms with van der Waals surface area (Å²) in [6.45, 7) is 4.46. The van der Waals surface area contributed by atoms with E-state index in [1.807, 2.05) is 6.20 Å². The largest absolute Gasteiger partial charge is 0.417 e. The molecule has 3 rings (SSSR count). The fourth-order valence-corrected chi connectivity index (χ4v) is 2.86. The van der Waals surface area contributed by atoms with Crippen molar-refractivity contribution in [1.29, 1.82) is 0 Å². The third kappa shape index (κ3) is 4.36.